The molecule has 1 heterocycles. The van der Waals surface area contributed by atoms with Crippen molar-refractivity contribution in [1.82, 2.24) is 9.97 Å². The summed E-state index contributed by atoms with van der Waals surface area (Å²) in [5, 5.41) is -3.58. The van der Waals surface area contributed by atoms with E-state index in [0.29, 0.717) is 32.6 Å². The fourth-order valence-corrected chi connectivity index (χ4v) is 3.10. The van der Waals surface area contributed by atoms with Gasteiger partial charge in [-0.25, -0.2) is 13.8 Å². The molecule has 136 valence electrons. The van der Waals surface area contributed by atoms with Crippen molar-refractivity contribution in [3.63, 3.8) is 0 Å². The molecule has 3 aromatic rings. The van der Waals surface area contributed by atoms with E-state index in [1.807, 2.05) is 0 Å². The van der Waals surface area contributed by atoms with E-state index in [4.69, 9.17) is 23.2 Å². The number of nitrogens with zero attached hydrogens (tertiary/aromatic N) is 1. The fourth-order valence-electron chi connectivity index (χ4n) is 2.22. The summed E-state index contributed by atoms with van der Waals surface area (Å²) < 4.78 is 51.8. The van der Waals surface area contributed by atoms with E-state index in [2.05, 4.69) is 9.97 Å². The largest absolute Gasteiger partial charge is 0.360 e. The normalized spacial score (nSPS) is 12.0. The van der Waals surface area contributed by atoms with E-state index in [-0.39, 0.29) is 16.9 Å². The molecular weight excluding hydrogens is 411 g/mol. The van der Waals surface area contributed by atoms with Gasteiger partial charge in [0, 0.05) is 21.2 Å². The van der Waals surface area contributed by atoms with E-state index < -0.39 is 11.7 Å². The maximum atomic E-state index is 13.4. The number of nitrogens with one attached hydrogen (secondary N) is 1. The third kappa shape index (κ3) is 4.16. The lowest BCUT2D eigenvalue weighted by atomic mass is 10.1. The highest BCUT2D eigenvalue weighted by atomic mass is 35.5. The Kier molecular flexibility index (Phi) is 5.50. The average Bonchev–Trinajstić information content (AvgIpc) is 2.99. The number of benzene rings is 2. The molecule has 0 spiro atoms. The van der Waals surface area contributed by atoms with Crippen molar-refractivity contribution in [3.05, 3.63) is 58.6 Å². The molecule has 0 aliphatic heterocycles. The highest BCUT2D eigenvalue weighted by Crippen LogP contribution is 2.42. The van der Waals surface area contributed by atoms with Gasteiger partial charge in [-0.3, -0.25) is 0 Å². The Morgan fingerprint density at radius 3 is 1.88 bits per heavy atom. The Labute approximate surface area is 160 Å². The van der Waals surface area contributed by atoms with Gasteiger partial charge >= 0.3 is 11.7 Å². The minimum Gasteiger partial charge on any atom is -0.332 e. The van der Waals surface area contributed by atoms with E-state index in [9.17, 15) is 17.6 Å². The number of thioether (sulfide) groups is 1. The summed E-state index contributed by atoms with van der Waals surface area (Å²) >= 11 is 11.4. The Bertz CT molecular complexity index is 833. The van der Waals surface area contributed by atoms with Gasteiger partial charge in [0.1, 0.15) is 0 Å². The van der Waals surface area contributed by atoms with Crippen LogP contribution in [0.25, 0.3) is 22.5 Å². The van der Waals surface area contributed by atoms with Crippen molar-refractivity contribution >= 4 is 35.0 Å². The van der Waals surface area contributed by atoms with Crippen LogP contribution in [0.2, 0.25) is 10.0 Å². The van der Waals surface area contributed by atoms with E-state index >= 15 is 0 Å². The van der Waals surface area contributed by atoms with Crippen LogP contribution < -0.4 is 0 Å². The van der Waals surface area contributed by atoms with Crippen molar-refractivity contribution < 1.29 is 17.6 Å². The van der Waals surface area contributed by atoms with Gasteiger partial charge in [-0.1, -0.05) is 47.5 Å². The number of aromatic amines is 1. The van der Waals surface area contributed by atoms with Crippen LogP contribution in [-0.4, -0.2) is 21.6 Å². The zero-order valence-corrected chi connectivity index (χ0v) is 15.1. The molecule has 0 saturated carbocycles. The highest BCUT2D eigenvalue weighted by Gasteiger charge is 2.43. The smallest absolute Gasteiger partial charge is 0.332 e. The third-order valence-corrected chi connectivity index (χ3v) is 4.76. The molecule has 3 rings (SSSR count). The highest BCUT2D eigenvalue weighted by molar-refractivity contribution is 8.00. The minimum absolute atomic E-state index is 0.315. The predicted molar refractivity (Wildman–Crippen MR) is 96.3 cm³/mol. The summed E-state index contributed by atoms with van der Waals surface area (Å²) in [6, 6.07) is 13.2. The molecule has 0 amide bonds. The Hall–Kier alpha value is -1.70. The van der Waals surface area contributed by atoms with Crippen molar-refractivity contribution in [2.24, 2.45) is 0 Å². The Morgan fingerprint density at radius 1 is 0.885 bits per heavy atom. The molecule has 2 aromatic carbocycles. The zero-order valence-electron chi connectivity index (χ0n) is 12.8. The molecule has 0 saturated heterocycles. The number of aromatic nitrogens is 2. The van der Waals surface area contributed by atoms with Crippen molar-refractivity contribution in [2.45, 2.75) is 16.8 Å². The topological polar surface area (TPSA) is 28.7 Å². The number of halogens is 6. The van der Waals surface area contributed by atoms with Gasteiger partial charge in [0.05, 0.1) is 11.4 Å². The molecule has 0 bridgehead atoms. The fraction of sp³-hybridized carbons (Fsp3) is 0.118. The average molecular weight is 421 g/mol. The van der Waals surface area contributed by atoms with Gasteiger partial charge in [0.25, 0.3) is 0 Å². The number of alkyl halides is 4. The third-order valence-electron chi connectivity index (χ3n) is 3.42. The summed E-state index contributed by atoms with van der Waals surface area (Å²) in [7, 11) is 0. The van der Waals surface area contributed by atoms with Crippen molar-refractivity contribution in [1.29, 1.82) is 0 Å². The second kappa shape index (κ2) is 7.50. The van der Waals surface area contributed by atoms with E-state index in [1.54, 1.807) is 48.5 Å². The maximum Gasteiger partial charge on any atom is 0.360 e. The van der Waals surface area contributed by atoms with E-state index in [0.717, 1.165) is 0 Å². The lowest BCUT2D eigenvalue weighted by Gasteiger charge is -2.11. The first-order chi connectivity index (χ1) is 12.3. The summed E-state index contributed by atoms with van der Waals surface area (Å²) in [6.07, 6.45) is -3.81. The summed E-state index contributed by atoms with van der Waals surface area (Å²) in [4.78, 5) is 6.80. The molecule has 0 aliphatic rings. The van der Waals surface area contributed by atoms with Crippen LogP contribution in [0.3, 0.4) is 0 Å². The van der Waals surface area contributed by atoms with Crippen LogP contribution in [-0.2, 0) is 0 Å². The summed E-state index contributed by atoms with van der Waals surface area (Å²) in [6.45, 7) is 0. The zero-order chi connectivity index (χ0) is 18.9. The monoisotopic (exact) mass is 420 g/mol. The first-order valence-electron chi connectivity index (χ1n) is 7.23. The molecule has 0 atom stereocenters. The summed E-state index contributed by atoms with van der Waals surface area (Å²) in [5.41, 5.74) is 1.98. The van der Waals surface area contributed by atoms with Crippen LogP contribution in [0.4, 0.5) is 17.6 Å². The number of imidazole rings is 1. The predicted octanol–water partition coefficient (Wildman–Crippen LogP) is 7.00. The molecule has 26 heavy (non-hydrogen) atoms. The second-order valence-electron chi connectivity index (χ2n) is 5.24. The van der Waals surface area contributed by atoms with Crippen LogP contribution in [0, 0.1) is 0 Å². The van der Waals surface area contributed by atoms with Crippen molar-refractivity contribution in [3.8, 4) is 22.5 Å². The molecule has 0 radical (unpaired) electrons. The van der Waals surface area contributed by atoms with Crippen LogP contribution in [0.1, 0.15) is 0 Å². The van der Waals surface area contributed by atoms with Crippen LogP contribution >= 0.6 is 35.0 Å². The van der Waals surface area contributed by atoms with Gasteiger partial charge in [-0.05, 0) is 36.0 Å². The molecule has 1 N–H and O–H groups in total. The first kappa shape index (κ1) is 19.1. The van der Waals surface area contributed by atoms with Crippen LogP contribution in [0.15, 0.2) is 53.7 Å². The molecule has 2 nitrogen and oxygen atoms in total. The standard InChI is InChI=1S/C17H10Cl2F4N2S/c18-11-5-1-9(2-6-11)13-14(10-3-7-12(19)8-4-10)25-16(24-13)26-17(22,23)15(20)21/h1-8,15H,(H,24,25). The van der Waals surface area contributed by atoms with Gasteiger partial charge in [-0.2, -0.15) is 8.78 Å². The molecular formula is C17H10Cl2F4N2S. The number of rotatable bonds is 5. The lowest BCUT2D eigenvalue weighted by Crippen LogP contribution is -2.21. The number of H-pyrrole nitrogens is 1. The SMILES string of the molecule is FC(F)C(F)(F)Sc1nc(-c2ccc(Cl)cc2)c(-c2ccc(Cl)cc2)[nH]1. The van der Waals surface area contributed by atoms with Gasteiger partial charge in [-0.15, -0.1) is 0 Å². The summed E-state index contributed by atoms with van der Waals surface area (Å²) in [5.74, 6) is 0. The van der Waals surface area contributed by atoms with Gasteiger partial charge < -0.3 is 4.98 Å². The number of hydrogen-bond acceptors (Lipinski definition) is 2. The maximum absolute atomic E-state index is 13.4. The van der Waals surface area contributed by atoms with Crippen LogP contribution in [0.5, 0.6) is 0 Å². The molecule has 0 fully saturated rings. The van der Waals surface area contributed by atoms with E-state index in [1.165, 1.54) is 0 Å². The van der Waals surface area contributed by atoms with Gasteiger partial charge in [0.15, 0.2) is 5.16 Å². The Balaban J connectivity index is 2.08. The quantitative estimate of drug-likeness (QED) is 0.355. The molecule has 0 unspecified atom stereocenters. The minimum atomic E-state index is -4.26. The first-order valence-corrected chi connectivity index (χ1v) is 8.80. The molecule has 0 aliphatic carbocycles. The second-order valence-corrected chi connectivity index (χ2v) is 7.25. The van der Waals surface area contributed by atoms with Gasteiger partial charge in [0.2, 0.25) is 0 Å². The molecule has 1 aromatic heterocycles. The Morgan fingerprint density at radius 2 is 1.38 bits per heavy atom. The molecule has 9 heteroatoms. The van der Waals surface area contributed by atoms with Crippen molar-refractivity contribution in [2.75, 3.05) is 0 Å². The number of hydrogen-bond donors (Lipinski definition) is 1. The lowest BCUT2D eigenvalue weighted by molar-refractivity contribution is -0.0565.